The van der Waals surface area contributed by atoms with Crippen LogP contribution < -0.4 is 4.74 Å². The molecule has 1 aliphatic heterocycles. The van der Waals surface area contributed by atoms with Crippen LogP contribution >= 0.6 is 0 Å². The average Bonchev–Trinajstić information content (AvgIpc) is 2.95. The van der Waals surface area contributed by atoms with Crippen molar-refractivity contribution < 1.29 is 9.53 Å². The average molecular weight is 228 g/mol. The number of aryl methyl sites for hydroxylation is 1. The Morgan fingerprint density at radius 2 is 2.35 bits per heavy atom. The van der Waals surface area contributed by atoms with Gasteiger partial charge in [-0.1, -0.05) is 0 Å². The van der Waals surface area contributed by atoms with Gasteiger partial charge in [0.1, 0.15) is 11.4 Å². The second-order valence-corrected chi connectivity index (χ2v) is 4.14. The number of hydrogen-bond donors (Lipinski definition) is 0. The van der Waals surface area contributed by atoms with Crippen molar-refractivity contribution >= 4 is 5.78 Å². The second-order valence-electron chi connectivity index (χ2n) is 4.14. The second kappa shape index (κ2) is 3.73. The Morgan fingerprint density at radius 3 is 3.12 bits per heavy atom. The number of carbonyl (C=O) groups excluding carboxylic acids is 1. The van der Waals surface area contributed by atoms with E-state index in [4.69, 9.17) is 4.74 Å². The van der Waals surface area contributed by atoms with E-state index in [1.807, 2.05) is 19.2 Å². The Morgan fingerprint density at radius 1 is 1.47 bits per heavy atom. The molecule has 0 saturated carbocycles. The van der Waals surface area contributed by atoms with Crippen LogP contribution in [-0.4, -0.2) is 21.9 Å². The quantitative estimate of drug-likeness (QED) is 0.733. The normalized spacial score (nSPS) is 13.2. The van der Waals surface area contributed by atoms with Gasteiger partial charge in [0.2, 0.25) is 5.78 Å². The molecule has 2 heterocycles. The predicted octanol–water partition coefficient (Wildman–Crippen LogP) is 1.59. The maximum absolute atomic E-state index is 12.2. The van der Waals surface area contributed by atoms with Gasteiger partial charge in [-0.2, -0.15) is 0 Å². The molecule has 3 rings (SSSR count). The van der Waals surface area contributed by atoms with Gasteiger partial charge in [-0.15, -0.1) is 0 Å². The van der Waals surface area contributed by atoms with E-state index >= 15 is 0 Å². The van der Waals surface area contributed by atoms with E-state index in [-0.39, 0.29) is 5.78 Å². The lowest BCUT2D eigenvalue weighted by molar-refractivity contribution is 0.103. The third-order valence-electron chi connectivity index (χ3n) is 3.00. The number of rotatable bonds is 2. The van der Waals surface area contributed by atoms with Crippen LogP contribution in [0.15, 0.2) is 30.7 Å². The summed E-state index contributed by atoms with van der Waals surface area (Å²) in [6.45, 7) is 0.707. The molecule has 0 N–H and O–H groups in total. The first-order valence-electron chi connectivity index (χ1n) is 5.52. The fraction of sp³-hybridized carbons (Fsp3) is 0.231. The zero-order valence-electron chi connectivity index (χ0n) is 9.51. The molecule has 2 aromatic rings. The molecule has 0 aliphatic carbocycles. The molecule has 4 heteroatoms. The third kappa shape index (κ3) is 1.62. The van der Waals surface area contributed by atoms with Crippen LogP contribution in [0.1, 0.15) is 21.6 Å². The zero-order valence-corrected chi connectivity index (χ0v) is 9.51. The molecule has 1 aromatic carbocycles. The number of carbonyl (C=O) groups is 1. The lowest BCUT2D eigenvalue weighted by atomic mass is 10.0. The van der Waals surface area contributed by atoms with Crippen molar-refractivity contribution in [1.29, 1.82) is 0 Å². The highest BCUT2D eigenvalue weighted by Crippen LogP contribution is 2.26. The summed E-state index contributed by atoms with van der Waals surface area (Å²) >= 11 is 0. The molecule has 0 bridgehead atoms. The van der Waals surface area contributed by atoms with Gasteiger partial charge in [-0.3, -0.25) is 4.79 Å². The van der Waals surface area contributed by atoms with Crippen molar-refractivity contribution in [3.8, 4) is 5.75 Å². The summed E-state index contributed by atoms with van der Waals surface area (Å²) < 4.78 is 7.15. The first kappa shape index (κ1) is 10.1. The molecule has 1 aromatic heterocycles. The molecule has 0 spiro atoms. The summed E-state index contributed by atoms with van der Waals surface area (Å²) in [5, 5.41) is 0. The monoisotopic (exact) mass is 228 g/mol. The van der Waals surface area contributed by atoms with Gasteiger partial charge in [-0.05, 0) is 23.8 Å². The van der Waals surface area contributed by atoms with Gasteiger partial charge in [0.05, 0.1) is 19.1 Å². The van der Waals surface area contributed by atoms with E-state index in [0.29, 0.717) is 17.9 Å². The number of aromatic nitrogens is 2. The van der Waals surface area contributed by atoms with Gasteiger partial charge >= 0.3 is 0 Å². The Labute approximate surface area is 98.9 Å². The molecule has 0 unspecified atom stereocenters. The highest BCUT2D eigenvalue weighted by molar-refractivity contribution is 6.08. The summed E-state index contributed by atoms with van der Waals surface area (Å²) in [5.74, 6) is 0.895. The molecule has 1 aliphatic rings. The lowest BCUT2D eigenvalue weighted by Crippen LogP contribution is -2.06. The summed E-state index contributed by atoms with van der Waals surface area (Å²) in [7, 11) is 1.82. The molecule has 0 saturated heterocycles. The summed E-state index contributed by atoms with van der Waals surface area (Å²) in [6.07, 6.45) is 4.09. The molecule has 0 radical (unpaired) electrons. The minimum absolute atomic E-state index is 0.000278. The van der Waals surface area contributed by atoms with Crippen LogP contribution in [-0.2, 0) is 13.5 Å². The summed E-state index contributed by atoms with van der Waals surface area (Å²) in [6, 6.07) is 5.59. The Bertz CT molecular complexity index is 587. The summed E-state index contributed by atoms with van der Waals surface area (Å²) in [5.41, 5.74) is 2.40. The van der Waals surface area contributed by atoms with Crippen molar-refractivity contribution in [1.82, 2.24) is 9.55 Å². The van der Waals surface area contributed by atoms with Crippen molar-refractivity contribution in [2.45, 2.75) is 6.42 Å². The fourth-order valence-electron chi connectivity index (χ4n) is 2.05. The number of imidazole rings is 1. The number of ether oxygens (including phenoxy) is 1. The molecular weight excluding hydrogens is 216 g/mol. The van der Waals surface area contributed by atoms with Crippen LogP contribution in [0.5, 0.6) is 5.75 Å². The van der Waals surface area contributed by atoms with Crippen molar-refractivity contribution in [2.24, 2.45) is 7.05 Å². The van der Waals surface area contributed by atoms with Crippen LogP contribution in [0.3, 0.4) is 0 Å². The molecule has 86 valence electrons. The number of hydrogen-bond acceptors (Lipinski definition) is 3. The number of ketones is 1. The number of fused-ring (bicyclic) bond motifs is 1. The zero-order chi connectivity index (χ0) is 11.8. The topological polar surface area (TPSA) is 44.1 Å². The van der Waals surface area contributed by atoms with Gasteiger partial charge in [0, 0.05) is 19.0 Å². The van der Waals surface area contributed by atoms with Gasteiger partial charge < -0.3 is 9.30 Å². The summed E-state index contributed by atoms with van der Waals surface area (Å²) in [4.78, 5) is 16.2. The van der Waals surface area contributed by atoms with Gasteiger partial charge in [0.25, 0.3) is 0 Å². The van der Waals surface area contributed by atoms with E-state index in [1.54, 1.807) is 23.2 Å². The maximum Gasteiger partial charge on any atom is 0.211 e. The molecule has 0 atom stereocenters. The Kier molecular flexibility index (Phi) is 2.21. The highest BCUT2D eigenvalue weighted by Gasteiger charge is 2.17. The van der Waals surface area contributed by atoms with Crippen LogP contribution in [0, 0.1) is 0 Å². The SMILES string of the molecule is Cn1cncc1C(=O)c1ccc2c(c1)CCO2. The largest absolute Gasteiger partial charge is 0.493 e. The molecule has 4 nitrogen and oxygen atoms in total. The molecule has 17 heavy (non-hydrogen) atoms. The van der Waals surface area contributed by atoms with Crippen LogP contribution in [0.2, 0.25) is 0 Å². The van der Waals surface area contributed by atoms with Gasteiger partial charge in [0.15, 0.2) is 0 Å². The molecular formula is C13H12N2O2. The smallest absolute Gasteiger partial charge is 0.211 e. The van der Waals surface area contributed by atoms with E-state index in [0.717, 1.165) is 17.7 Å². The fourth-order valence-corrected chi connectivity index (χ4v) is 2.05. The maximum atomic E-state index is 12.2. The highest BCUT2D eigenvalue weighted by atomic mass is 16.5. The standard InChI is InChI=1S/C13H12N2O2/c1-15-8-14-7-11(15)13(16)10-2-3-12-9(6-10)4-5-17-12/h2-3,6-8H,4-5H2,1H3. The first-order valence-corrected chi connectivity index (χ1v) is 5.52. The Hall–Kier alpha value is -2.10. The van der Waals surface area contributed by atoms with Crippen molar-refractivity contribution in [2.75, 3.05) is 6.61 Å². The van der Waals surface area contributed by atoms with E-state index in [9.17, 15) is 4.79 Å². The number of nitrogens with zero attached hydrogens (tertiary/aromatic N) is 2. The minimum atomic E-state index is -0.000278. The molecule has 0 fully saturated rings. The lowest BCUT2D eigenvalue weighted by Gasteiger charge is -2.04. The minimum Gasteiger partial charge on any atom is -0.493 e. The van der Waals surface area contributed by atoms with Crippen LogP contribution in [0.25, 0.3) is 0 Å². The van der Waals surface area contributed by atoms with E-state index < -0.39 is 0 Å². The van der Waals surface area contributed by atoms with Gasteiger partial charge in [-0.25, -0.2) is 4.98 Å². The first-order chi connectivity index (χ1) is 8.25. The van der Waals surface area contributed by atoms with E-state index in [1.165, 1.54) is 0 Å². The van der Waals surface area contributed by atoms with Crippen molar-refractivity contribution in [3.05, 3.63) is 47.5 Å². The molecule has 0 amide bonds. The predicted molar refractivity (Wildman–Crippen MR) is 62.3 cm³/mol. The van der Waals surface area contributed by atoms with Crippen LogP contribution in [0.4, 0.5) is 0 Å². The van der Waals surface area contributed by atoms with E-state index in [2.05, 4.69) is 4.98 Å². The van der Waals surface area contributed by atoms with Crippen molar-refractivity contribution in [3.63, 3.8) is 0 Å². The Balaban J connectivity index is 2.00. The third-order valence-corrected chi connectivity index (χ3v) is 3.00. The number of benzene rings is 1.